The van der Waals surface area contributed by atoms with Gasteiger partial charge in [-0.2, -0.15) is 11.8 Å². The fourth-order valence-corrected chi connectivity index (χ4v) is 4.60. The van der Waals surface area contributed by atoms with Crippen LogP contribution in [0.4, 0.5) is 0 Å². The molecule has 2 atom stereocenters. The summed E-state index contributed by atoms with van der Waals surface area (Å²) in [5.74, 6) is -0.853. The van der Waals surface area contributed by atoms with Crippen LogP contribution in [0, 0.1) is 5.41 Å². The first-order chi connectivity index (χ1) is 10.1. The molecule has 4 nitrogen and oxygen atoms in total. The Balaban J connectivity index is 1.89. The Hall–Kier alpha value is -0.710. The van der Waals surface area contributed by atoms with Crippen LogP contribution >= 0.6 is 11.8 Å². The van der Waals surface area contributed by atoms with Gasteiger partial charge in [-0.25, -0.2) is 0 Å². The number of nitrogens with one attached hydrogen (secondary N) is 1. The second-order valence-electron chi connectivity index (χ2n) is 6.61. The Labute approximate surface area is 131 Å². The van der Waals surface area contributed by atoms with Crippen molar-refractivity contribution >= 4 is 23.6 Å². The standard InChI is InChI=1S/C16H27NO3S/c1-21-13-7-5-6-12(10-13)17-14(18)11-16(15(19)20)8-3-2-4-9-16/h12-13H,2-11H2,1H3,(H,17,18)(H,19,20). The van der Waals surface area contributed by atoms with Crippen molar-refractivity contribution in [2.75, 3.05) is 6.26 Å². The zero-order valence-electron chi connectivity index (χ0n) is 12.9. The number of carboxylic acids is 1. The maximum absolute atomic E-state index is 12.3. The number of amides is 1. The average molecular weight is 313 g/mol. The molecule has 120 valence electrons. The second-order valence-corrected chi connectivity index (χ2v) is 7.75. The smallest absolute Gasteiger partial charge is 0.310 e. The SMILES string of the molecule is CSC1CCCC(NC(=O)CC2(C(=O)O)CCCCC2)C1. The quantitative estimate of drug-likeness (QED) is 0.818. The Morgan fingerprint density at radius 2 is 1.90 bits per heavy atom. The molecule has 2 aliphatic rings. The van der Waals surface area contributed by atoms with E-state index in [1.807, 2.05) is 11.8 Å². The fraction of sp³-hybridized carbons (Fsp3) is 0.875. The summed E-state index contributed by atoms with van der Waals surface area (Å²) in [5, 5.41) is 13.3. The van der Waals surface area contributed by atoms with Crippen LogP contribution in [0.25, 0.3) is 0 Å². The highest BCUT2D eigenvalue weighted by Gasteiger charge is 2.41. The molecule has 0 aliphatic heterocycles. The summed E-state index contributed by atoms with van der Waals surface area (Å²) in [6, 6.07) is 0.234. The number of thioether (sulfide) groups is 1. The molecule has 0 bridgehead atoms. The van der Waals surface area contributed by atoms with E-state index in [0.717, 1.165) is 38.5 Å². The van der Waals surface area contributed by atoms with E-state index < -0.39 is 11.4 Å². The van der Waals surface area contributed by atoms with E-state index in [1.165, 1.54) is 6.42 Å². The van der Waals surface area contributed by atoms with Gasteiger partial charge in [0.25, 0.3) is 0 Å². The van der Waals surface area contributed by atoms with Gasteiger partial charge in [-0.1, -0.05) is 25.7 Å². The molecule has 2 saturated carbocycles. The van der Waals surface area contributed by atoms with Gasteiger partial charge in [-0.3, -0.25) is 9.59 Å². The zero-order valence-corrected chi connectivity index (χ0v) is 13.7. The van der Waals surface area contributed by atoms with Crippen LogP contribution in [-0.4, -0.2) is 34.5 Å². The lowest BCUT2D eigenvalue weighted by molar-refractivity contribution is -0.154. The monoisotopic (exact) mass is 313 g/mol. The maximum Gasteiger partial charge on any atom is 0.310 e. The molecule has 0 spiro atoms. The predicted molar refractivity (Wildman–Crippen MR) is 85.5 cm³/mol. The van der Waals surface area contributed by atoms with Gasteiger partial charge in [0.2, 0.25) is 5.91 Å². The van der Waals surface area contributed by atoms with Gasteiger partial charge < -0.3 is 10.4 Å². The number of rotatable bonds is 5. The molecule has 0 aromatic rings. The lowest BCUT2D eigenvalue weighted by Gasteiger charge is -2.34. The molecule has 0 radical (unpaired) electrons. The fourth-order valence-electron chi connectivity index (χ4n) is 3.77. The van der Waals surface area contributed by atoms with E-state index in [0.29, 0.717) is 18.1 Å². The van der Waals surface area contributed by atoms with Crippen molar-refractivity contribution in [1.29, 1.82) is 0 Å². The summed E-state index contributed by atoms with van der Waals surface area (Å²) in [7, 11) is 0. The molecule has 2 N–H and O–H groups in total. The summed E-state index contributed by atoms with van der Waals surface area (Å²) in [4.78, 5) is 23.9. The molecule has 21 heavy (non-hydrogen) atoms. The molecule has 0 heterocycles. The first kappa shape index (κ1) is 16.7. The first-order valence-electron chi connectivity index (χ1n) is 8.11. The summed E-state index contributed by atoms with van der Waals surface area (Å²) in [6.45, 7) is 0. The predicted octanol–water partition coefficient (Wildman–Crippen LogP) is 3.20. The van der Waals surface area contributed by atoms with Crippen LogP contribution in [0.3, 0.4) is 0 Å². The van der Waals surface area contributed by atoms with Crippen LogP contribution in [0.1, 0.15) is 64.2 Å². The Kier molecular flexibility index (Phi) is 5.97. The summed E-state index contributed by atoms with van der Waals surface area (Å²) >= 11 is 1.87. The van der Waals surface area contributed by atoms with Crippen molar-refractivity contribution < 1.29 is 14.7 Å². The van der Waals surface area contributed by atoms with Crippen LogP contribution in [0.15, 0.2) is 0 Å². The van der Waals surface area contributed by atoms with E-state index in [4.69, 9.17) is 0 Å². The lowest BCUT2D eigenvalue weighted by Crippen LogP contribution is -2.44. The highest BCUT2D eigenvalue weighted by atomic mass is 32.2. The number of hydrogen-bond donors (Lipinski definition) is 2. The van der Waals surface area contributed by atoms with Crippen molar-refractivity contribution in [1.82, 2.24) is 5.32 Å². The third-order valence-electron chi connectivity index (χ3n) is 5.09. The highest BCUT2D eigenvalue weighted by molar-refractivity contribution is 7.99. The van der Waals surface area contributed by atoms with Gasteiger partial charge in [-0.15, -0.1) is 0 Å². The first-order valence-corrected chi connectivity index (χ1v) is 9.40. The van der Waals surface area contributed by atoms with Crippen LogP contribution in [-0.2, 0) is 9.59 Å². The molecular weight excluding hydrogens is 286 g/mol. The Bertz CT molecular complexity index is 380. The van der Waals surface area contributed by atoms with E-state index >= 15 is 0 Å². The molecule has 5 heteroatoms. The molecule has 2 unspecified atom stereocenters. The van der Waals surface area contributed by atoms with Gasteiger partial charge in [0.1, 0.15) is 0 Å². The number of aliphatic carboxylic acids is 1. The van der Waals surface area contributed by atoms with Gasteiger partial charge in [0.15, 0.2) is 0 Å². The van der Waals surface area contributed by atoms with Gasteiger partial charge in [-0.05, 0) is 38.4 Å². The second kappa shape index (κ2) is 7.52. The third kappa shape index (κ3) is 4.38. The van der Waals surface area contributed by atoms with Crippen molar-refractivity contribution in [3.63, 3.8) is 0 Å². The lowest BCUT2D eigenvalue weighted by atomic mass is 9.71. The topological polar surface area (TPSA) is 66.4 Å². The molecule has 2 rings (SSSR count). The van der Waals surface area contributed by atoms with Gasteiger partial charge >= 0.3 is 5.97 Å². The molecule has 2 aliphatic carbocycles. The largest absolute Gasteiger partial charge is 0.481 e. The van der Waals surface area contributed by atoms with Crippen LogP contribution in [0.5, 0.6) is 0 Å². The van der Waals surface area contributed by atoms with E-state index in [1.54, 1.807) is 0 Å². The van der Waals surface area contributed by atoms with Crippen molar-refractivity contribution in [3.05, 3.63) is 0 Å². The van der Waals surface area contributed by atoms with Crippen LogP contribution in [0.2, 0.25) is 0 Å². The third-order valence-corrected chi connectivity index (χ3v) is 6.18. The summed E-state index contributed by atoms with van der Waals surface area (Å²) in [5.41, 5.74) is -0.810. The minimum Gasteiger partial charge on any atom is -0.481 e. The van der Waals surface area contributed by atoms with Crippen molar-refractivity contribution in [3.8, 4) is 0 Å². The van der Waals surface area contributed by atoms with Crippen molar-refractivity contribution in [2.45, 2.75) is 75.5 Å². The minimum atomic E-state index is -0.810. The van der Waals surface area contributed by atoms with E-state index in [9.17, 15) is 14.7 Å². The number of carbonyl (C=O) groups is 2. The minimum absolute atomic E-state index is 0.0638. The van der Waals surface area contributed by atoms with Crippen molar-refractivity contribution in [2.24, 2.45) is 5.41 Å². The zero-order chi connectivity index (χ0) is 15.3. The summed E-state index contributed by atoms with van der Waals surface area (Å²) in [6.07, 6.45) is 11.0. The molecule has 1 amide bonds. The average Bonchev–Trinajstić information content (AvgIpc) is 2.48. The maximum atomic E-state index is 12.3. The van der Waals surface area contributed by atoms with Crippen LogP contribution < -0.4 is 5.32 Å². The van der Waals surface area contributed by atoms with E-state index in [2.05, 4.69) is 11.6 Å². The number of carboxylic acid groups (broad SMARTS) is 1. The molecular formula is C16H27NO3S. The highest BCUT2D eigenvalue weighted by Crippen LogP contribution is 2.39. The molecule has 0 aromatic carbocycles. The summed E-state index contributed by atoms with van der Waals surface area (Å²) < 4.78 is 0. The molecule has 2 fully saturated rings. The number of hydrogen-bond acceptors (Lipinski definition) is 3. The van der Waals surface area contributed by atoms with Gasteiger partial charge in [0.05, 0.1) is 5.41 Å². The number of carbonyl (C=O) groups excluding carboxylic acids is 1. The van der Waals surface area contributed by atoms with Gasteiger partial charge in [0, 0.05) is 17.7 Å². The Morgan fingerprint density at radius 1 is 1.19 bits per heavy atom. The molecule has 0 aromatic heterocycles. The molecule has 0 saturated heterocycles. The Morgan fingerprint density at radius 3 is 2.52 bits per heavy atom. The normalized spacial score (nSPS) is 28.8. The van der Waals surface area contributed by atoms with E-state index in [-0.39, 0.29) is 18.4 Å².